The standard InChI is InChI=1S/C26H25F2N7S/c1-17(34-14-12-33(2)13-15-34)22-8-9-23(36-22)21-7-10-24(29)35(32-21)25(30)26(27,28)19-5-6-20-18(16-19)4-3-11-31-20/h3-11,16,29-30H,1,12-15H2,2H3. The lowest BCUT2D eigenvalue weighted by Crippen LogP contribution is -2.43. The van der Waals surface area contributed by atoms with Crippen molar-refractivity contribution in [3.63, 3.8) is 0 Å². The number of benzene rings is 1. The number of rotatable bonds is 5. The molecule has 1 aliphatic heterocycles. The molecule has 0 unspecified atom stereocenters. The molecule has 184 valence electrons. The molecule has 0 bridgehead atoms. The lowest BCUT2D eigenvalue weighted by molar-refractivity contribution is 0.0697. The number of aromatic nitrogens is 3. The molecule has 0 amide bonds. The van der Waals surface area contributed by atoms with E-state index >= 15 is 8.78 Å². The molecule has 4 aromatic rings. The summed E-state index contributed by atoms with van der Waals surface area (Å²) in [4.78, 5) is 10.4. The number of likely N-dealkylation sites (N-methyl/N-ethyl adjacent to an activating group) is 1. The van der Waals surface area contributed by atoms with Crippen LogP contribution in [0, 0.1) is 10.8 Å². The normalized spacial score (nSPS) is 14.8. The maximum atomic E-state index is 15.4. The van der Waals surface area contributed by atoms with Gasteiger partial charge in [0.25, 0.3) is 0 Å². The molecule has 36 heavy (non-hydrogen) atoms. The lowest BCUT2D eigenvalue weighted by Gasteiger charge is -2.34. The minimum Gasteiger partial charge on any atom is -0.368 e. The van der Waals surface area contributed by atoms with Gasteiger partial charge in [-0.15, -0.1) is 11.3 Å². The Morgan fingerprint density at radius 1 is 1.06 bits per heavy atom. The summed E-state index contributed by atoms with van der Waals surface area (Å²) in [6.45, 7) is 7.97. The second-order valence-corrected chi connectivity index (χ2v) is 9.83. The Morgan fingerprint density at radius 3 is 2.61 bits per heavy atom. The zero-order valence-corrected chi connectivity index (χ0v) is 20.5. The van der Waals surface area contributed by atoms with Crippen LogP contribution >= 0.6 is 11.3 Å². The molecule has 1 aromatic carbocycles. The molecule has 2 N–H and O–H groups in total. The van der Waals surface area contributed by atoms with Crippen molar-refractivity contribution in [2.75, 3.05) is 33.2 Å². The summed E-state index contributed by atoms with van der Waals surface area (Å²) in [5.41, 5.74) is 1.27. The largest absolute Gasteiger partial charge is 0.368 e. The number of piperazine rings is 1. The first-order valence-corrected chi connectivity index (χ1v) is 12.3. The van der Waals surface area contributed by atoms with Crippen LogP contribution in [-0.4, -0.2) is 63.6 Å². The summed E-state index contributed by atoms with van der Waals surface area (Å²) >= 11 is 1.46. The Balaban J connectivity index is 1.43. The Bertz CT molecular complexity index is 1520. The number of hydrogen-bond acceptors (Lipinski definition) is 7. The third kappa shape index (κ3) is 4.45. The highest BCUT2D eigenvalue weighted by molar-refractivity contribution is 7.16. The summed E-state index contributed by atoms with van der Waals surface area (Å²) in [7, 11) is 2.10. The van der Waals surface area contributed by atoms with Gasteiger partial charge in [-0.05, 0) is 49.5 Å². The van der Waals surface area contributed by atoms with E-state index in [2.05, 4.69) is 33.5 Å². The Morgan fingerprint density at radius 2 is 1.83 bits per heavy atom. The van der Waals surface area contributed by atoms with Crippen LogP contribution in [-0.2, 0) is 5.92 Å². The Hall–Kier alpha value is -3.76. The monoisotopic (exact) mass is 505 g/mol. The van der Waals surface area contributed by atoms with Crippen molar-refractivity contribution < 1.29 is 8.78 Å². The fraction of sp³-hybridized carbons (Fsp3) is 0.231. The third-order valence-corrected chi connectivity index (χ3v) is 7.49. The van der Waals surface area contributed by atoms with Crippen LogP contribution in [0.5, 0.6) is 0 Å². The SMILES string of the molecule is C=C(c1ccc(-c2ccc(=N)n(C(=N)C(F)(F)c3ccc4ncccc4c3)n2)s1)N1CCN(C)CC1. The van der Waals surface area contributed by atoms with Crippen molar-refractivity contribution in [2.45, 2.75) is 5.92 Å². The van der Waals surface area contributed by atoms with Gasteiger partial charge in [0.2, 0.25) is 0 Å². The maximum Gasteiger partial charge on any atom is 0.331 e. The van der Waals surface area contributed by atoms with E-state index in [1.807, 2.05) is 12.1 Å². The fourth-order valence-corrected chi connectivity index (χ4v) is 5.10. The van der Waals surface area contributed by atoms with Crippen LogP contribution in [0.15, 0.2) is 67.4 Å². The zero-order chi connectivity index (χ0) is 25.4. The second-order valence-electron chi connectivity index (χ2n) is 8.75. The summed E-state index contributed by atoms with van der Waals surface area (Å²) in [6.07, 6.45) is 1.59. The van der Waals surface area contributed by atoms with Gasteiger partial charge in [0, 0.05) is 49.0 Å². The van der Waals surface area contributed by atoms with Gasteiger partial charge >= 0.3 is 5.92 Å². The van der Waals surface area contributed by atoms with Gasteiger partial charge < -0.3 is 9.80 Å². The first-order valence-electron chi connectivity index (χ1n) is 11.4. The number of alkyl halides is 2. The van der Waals surface area contributed by atoms with Crippen LogP contribution in [0.3, 0.4) is 0 Å². The van der Waals surface area contributed by atoms with Gasteiger partial charge in [0.1, 0.15) is 11.2 Å². The van der Waals surface area contributed by atoms with Gasteiger partial charge in [-0.2, -0.15) is 18.6 Å². The molecular formula is C26H25F2N7S. The number of fused-ring (bicyclic) bond motifs is 1. The van der Waals surface area contributed by atoms with Crippen molar-refractivity contribution in [3.8, 4) is 10.6 Å². The highest BCUT2D eigenvalue weighted by Gasteiger charge is 2.39. The molecule has 0 atom stereocenters. The summed E-state index contributed by atoms with van der Waals surface area (Å²) in [5, 5.41) is 21.3. The minimum absolute atomic E-state index is 0.301. The first kappa shape index (κ1) is 24.0. The molecule has 4 heterocycles. The zero-order valence-electron chi connectivity index (χ0n) is 19.7. The van der Waals surface area contributed by atoms with E-state index < -0.39 is 11.8 Å². The molecule has 5 rings (SSSR count). The second kappa shape index (κ2) is 9.36. The quantitative estimate of drug-likeness (QED) is 0.310. The number of nitrogens with one attached hydrogen (secondary N) is 2. The van der Waals surface area contributed by atoms with E-state index in [1.54, 1.807) is 24.4 Å². The smallest absolute Gasteiger partial charge is 0.331 e. The maximum absolute atomic E-state index is 15.4. The van der Waals surface area contributed by atoms with E-state index in [4.69, 9.17) is 10.8 Å². The van der Waals surface area contributed by atoms with E-state index in [0.29, 0.717) is 21.3 Å². The summed E-state index contributed by atoms with van der Waals surface area (Å²) < 4.78 is 31.5. The number of halogens is 2. The fourth-order valence-electron chi connectivity index (χ4n) is 4.13. The van der Waals surface area contributed by atoms with Gasteiger partial charge in [-0.1, -0.05) is 18.7 Å². The van der Waals surface area contributed by atoms with Crippen molar-refractivity contribution in [3.05, 3.63) is 83.3 Å². The van der Waals surface area contributed by atoms with Crippen LogP contribution in [0.1, 0.15) is 10.4 Å². The Kier molecular flexibility index (Phi) is 6.23. The van der Waals surface area contributed by atoms with Gasteiger partial charge in [0.05, 0.1) is 15.3 Å². The lowest BCUT2D eigenvalue weighted by atomic mass is 10.0. The van der Waals surface area contributed by atoms with E-state index in [0.717, 1.165) is 41.6 Å². The van der Waals surface area contributed by atoms with E-state index in [9.17, 15) is 0 Å². The molecular weight excluding hydrogens is 480 g/mol. The highest BCUT2D eigenvalue weighted by Crippen LogP contribution is 2.33. The van der Waals surface area contributed by atoms with Crippen molar-refractivity contribution >= 4 is 33.8 Å². The molecule has 3 aromatic heterocycles. The summed E-state index contributed by atoms with van der Waals surface area (Å²) in [6, 6.07) is 14.3. The minimum atomic E-state index is -3.66. The number of thiophene rings is 1. The predicted molar refractivity (Wildman–Crippen MR) is 138 cm³/mol. The van der Waals surface area contributed by atoms with Gasteiger partial charge in [-0.25, -0.2) is 0 Å². The molecule has 0 saturated carbocycles. The first-order chi connectivity index (χ1) is 17.2. The van der Waals surface area contributed by atoms with Gasteiger partial charge in [0.15, 0.2) is 5.84 Å². The predicted octanol–water partition coefficient (Wildman–Crippen LogP) is 4.47. The third-order valence-electron chi connectivity index (χ3n) is 6.34. The average molecular weight is 506 g/mol. The average Bonchev–Trinajstić information content (AvgIpc) is 3.38. The molecule has 10 heteroatoms. The number of hydrogen-bond donors (Lipinski definition) is 2. The molecule has 0 spiro atoms. The molecule has 0 radical (unpaired) electrons. The van der Waals surface area contributed by atoms with Crippen LogP contribution in [0.2, 0.25) is 0 Å². The van der Waals surface area contributed by atoms with Crippen LogP contribution < -0.4 is 5.49 Å². The van der Waals surface area contributed by atoms with Crippen LogP contribution in [0.4, 0.5) is 8.78 Å². The van der Waals surface area contributed by atoms with E-state index in [-0.39, 0.29) is 11.1 Å². The Labute approximate surface area is 211 Å². The number of nitrogens with zero attached hydrogens (tertiary/aromatic N) is 5. The molecule has 0 aliphatic carbocycles. The van der Waals surface area contributed by atoms with Crippen LogP contribution in [0.25, 0.3) is 27.2 Å². The van der Waals surface area contributed by atoms with Gasteiger partial charge in [-0.3, -0.25) is 15.8 Å². The van der Waals surface area contributed by atoms with Crippen molar-refractivity contribution in [1.82, 2.24) is 24.6 Å². The molecule has 7 nitrogen and oxygen atoms in total. The van der Waals surface area contributed by atoms with Crippen molar-refractivity contribution in [2.24, 2.45) is 0 Å². The number of pyridine rings is 1. The van der Waals surface area contributed by atoms with E-state index in [1.165, 1.54) is 35.6 Å². The molecule has 1 fully saturated rings. The van der Waals surface area contributed by atoms with Crippen molar-refractivity contribution in [1.29, 1.82) is 10.8 Å². The molecule has 1 aliphatic rings. The highest BCUT2D eigenvalue weighted by atomic mass is 32.1. The summed E-state index contributed by atoms with van der Waals surface area (Å²) in [5.74, 6) is -4.75. The molecule has 1 saturated heterocycles. The topological polar surface area (TPSA) is 84.9 Å².